The molecule has 2 heterocycles. The average molecular weight is 387 g/mol. The van der Waals surface area contributed by atoms with E-state index in [1.807, 2.05) is 0 Å². The lowest BCUT2D eigenvalue weighted by atomic mass is 10.1. The van der Waals surface area contributed by atoms with Gasteiger partial charge >= 0.3 is 6.03 Å². The second-order valence-corrected chi connectivity index (χ2v) is 7.01. The van der Waals surface area contributed by atoms with Crippen LogP contribution in [-0.2, 0) is 9.59 Å². The lowest BCUT2D eigenvalue weighted by Crippen LogP contribution is -2.61. The Bertz CT molecular complexity index is 764. The fraction of sp³-hybridized carbons (Fsp3) is 0.474. The Morgan fingerprint density at radius 3 is 2.57 bits per heavy atom. The third kappa shape index (κ3) is 4.86. The fourth-order valence-corrected chi connectivity index (χ4v) is 3.28. The van der Waals surface area contributed by atoms with Crippen LogP contribution in [0.1, 0.15) is 30.1 Å². The first-order chi connectivity index (χ1) is 13.4. The van der Waals surface area contributed by atoms with E-state index in [2.05, 4.69) is 21.3 Å². The Morgan fingerprint density at radius 2 is 1.89 bits per heavy atom. The van der Waals surface area contributed by atoms with Crippen molar-refractivity contribution in [1.82, 2.24) is 20.9 Å². The second kappa shape index (κ2) is 8.83. The van der Waals surface area contributed by atoms with E-state index in [0.29, 0.717) is 37.3 Å². The van der Waals surface area contributed by atoms with E-state index in [9.17, 15) is 19.2 Å². The molecule has 3 rings (SSSR count). The molecular formula is C19H25N5O4. The zero-order valence-corrected chi connectivity index (χ0v) is 15.8. The number of anilines is 1. The minimum absolute atomic E-state index is 0.0412. The van der Waals surface area contributed by atoms with Crippen molar-refractivity contribution < 1.29 is 19.2 Å². The summed E-state index contributed by atoms with van der Waals surface area (Å²) >= 11 is 0. The number of Topliss-reactive ketones (excluding diaryl/α,β-unsaturated/α-hetero) is 1. The molecule has 0 aliphatic carbocycles. The van der Waals surface area contributed by atoms with E-state index < -0.39 is 12.1 Å². The summed E-state index contributed by atoms with van der Waals surface area (Å²) in [6.07, 6.45) is 1.44. The van der Waals surface area contributed by atoms with E-state index in [0.717, 1.165) is 6.42 Å². The SMILES string of the molecule is CC(=O)c1ccc(NC(=O)N2CCNC(C(=O)NC3CCCNC3=O)C2)cc1. The molecule has 28 heavy (non-hydrogen) atoms. The van der Waals surface area contributed by atoms with Gasteiger partial charge in [-0.15, -0.1) is 0 Å². The molecule has 2 aliphatic heterocycles. The zero-order chi connectivity index (χ0) is 20.1. The predicted octanol–water partition coefficient (Wildman–Crippen LogP) is 0.0897. The molecule has 150 valence electrons. The topological polar surface area (TPSA) is 120 Å². The van der Waals surface area contributed by atoms with Gasteiger partial charge in [-0.3, -0.25) is 14.4 Å². The molecule has 0 radical (unpaired) electrons. The smallest absolute Gasteiger partial charge is 0.321 e. The molecule has 2 saturated heterocycles. The van der Waals surface area contributed by atoms with Crippen molar-refractivity contribution in [2.24, 2.45) is 0 Å². The van der Waals surface area contributed by atoms with Crippen LogP contribution >= 0.6 is 0 Å². The number of amides is 4. The summed E-state index contributed by atoms with van der Waals surface area (Å²) in [5.74, 6) is -0.495. The highest BCUT2D eigenvalue weighted by Gasteiger charge is 2.31. The number of piperidine rings is 1. The summed E-state index contributed by atoms with van der Waals surface area (Å²) in [4.78, 5) is 49.7. The Labute approximate surface area is 163 Å². The van der Waals surface area contributed by atoms with E-state index in [1.165, 1.54) is 6.92 Å². The molecule has 2 unspecified atom stereocenters. The Kier molecular flexibility index (Phi) is 6.25. The first-order valence-electron chi connectivity index (χ1n) is 9.42. The number of carbonyl (C=O) groups is 4. The van der Waals surface area contributed by atoms with E-state index in [4.69, 9.17) is 0 Å². The lowest BCUT2D eigenvalue weighted by Gasteiger charge is -2.34. The molecule has 0 bridgehead atoms. The van der Waals surface area contributed by atoms with Crippen LogP contribution in [0.3, 0.4) is 0 Å². The molecule has 9 heteroatoms. The molecule has 1 aromatic rings. The number of ketones is 1. The van der Waals surface area contributed by atoms with Gasteiger partial charge in [-0.25, -0.2) is 4.79 Å². The minimum Gasteiger partial charge on any atom is -0.354 e. The summed E-state index contributed by atoms with van der Waals surface area (Å²) in [6, 6.07) is 5.24. The van der Waals surface area contributed by atoms with Crippen LogP contribution in [0.4, 0.5) is 10.5 Å². The van der Waals surface area contributed by atoms with Crippen molar-refractivity contribution in [3.05, 3.63) is 29.8 Å². The summed E-state index contributed by atoms with van der Waals surface area (Å²) < 4.78 is 0. The first kappa shape index (κ1) is 19.8. The molecule has 0 spiro atoms. The van der Waals surface area contributed by atoms with E-state index in [1.54, 1.807) is 29.2 Å². The Morgan fingerprint density at radius 1 is 1.14 bits per heavy atom. The summed E-state index contributed by atoms with van der Waals surface area (Å²) in [5.41, 5.74) is 1.15. The van der Waals surface area contributed by atoms with Crippen LogP contribution in [0.25, 0.3) is 0 Å². The van der Waals surface area contributed by atoms with Gasteiger partial charge in [0.05, 0.1) is 0 Å². The summed E-state index contributed by atoms with van der Waals surface area (Å²) in [6.45, 7) is 3.26. The van der Waals surface area contributed by atoms with Crippen molar-refractivity contribution in [2.75, 3.05) is 31.5 Å². The van der Waals surface area contributed by atoms with Crippen LogP contribution in [0.5, 0.6) is 0 Å². The molecule has 2 aliphatic rings. The first-order valence-corrected chi connectivity index (χ1v) is 9.42. The molecule has 1 aromatic carbocycles. The van der Waals surface area contributed by atoms with Crippen LogP contribution in [-0.4, -0.2) is 66.8 Å². The third-order valence-corrected chi connectivity index (χ3v) is 4.92. The van der Waals surface area contributed by atoms with Crippen LogP contribution in [0, 0.1) is 0 Å². The maximum Gasteiger partial charge on any atom is 0.321 e. The zero-order valence-electron chi connectivity index (χ0n) is 15.8. The number of rotatable bonds is 4. The maximum absolute atomic E-state index is 12.5. The quantitative estimate of drug-likeness (QED) is 0.546. The second-order valence-electron chi connectivity index (χ2n) is 7.01. The number of piperazine rings is 1. The predicted molar refractivity (Wildman–Crippen MR) is 103 cm³/mol. The number of hydrogen-bond acceptors (Lipinski definition) is 5. The van der Waals surface area contributed by atoms with Crippen LogP contribution in [0.2, 0.25) is 0 Å². The number of nitrogens with one attached hydrogen (secondary N) is 4. The van der Waals surface area contributed by atoms with Gasteiger partial charge in [0, 0.05) is 37.4 Å². The molecule has 2 fully saturated rings. The van der Waals surface area contributed by atoms with Crippen molar-refractivity contribution in [3.63, 3.8) is 0 Å². The molecule has 4 N–H and O–H groups in total. The van der Waals surface area contributed by atoms with Gasteiger partial charge in [0.15, 0.2) is 5.78 Å². The van der Waals surface area contributed by atoms with E-state index in [-0.39, 0.29) is 30.2 Å². The highest BCUT2D eigenvalue weighted by molar-refractivity contribution is 5.95. The number of urea groups is 1. The van der Waals surface area contributed by atoms with Gasteiger partial charge in [0.25, 0.3) is 0 Å². The molecule has 9 nitrogen and oxygen atoms in total. The van der Waals surface area contributed by atoms with Crippen molar-refractivity contribution >= 4 is 29.3 Å². The van der Waals surface area contributed by atoms with Crippen molar-refractivity contribution in [3.8, 4) is 0 Å². The van der Waals surface area contributed by atoms with E-state index >= 15 is 0 Å². The summed E-state index contributed by atoms with van der Waals surface area (Å²) in [5, 5.41) is 11.4. The van der Waals surface area contributed by atoms with Gasteiger partial charge in [-0.2, -0.15) is 0 Å². The Balaban J connectivity index is 1.54. The number of nitrogens with zero attached hydrogens (tertiary/aromatic N) is 1. The number of benzene rings is 1. The average Bonchev–Trinajstić information content (AvgIpc) is 2.70. The van der Waals surface area contributed by atoms with Crippen molar-refractivity contribution in [2.45, 2.75) is 31.8 Å². The molecular weight excluding hydrogens is 362 g/mol. The third-order valence-electron chi connectivity index (χ3n) is 4.92. The highest BCUT2D eigenvalue weighted by Crippen LogP contribution is 2.12. The largest absolute Gasteiger partial charge is 0.354 e. The monoisotopic (exact) mass is 387 g/mol. The van der Waals surface area contributed by atoms with Gasteiger partial charge < -0.3 is 26.2 Å². The molecule has 0 aromatic heterocycles. The fourth-order valence-electron chi connectivity index (χ4n) is 3.28. The van der Waals surface area contributed by atoms with Crippen LogP contribution in [0.15, 0.2) is 24.3 Å². The minimum atomic E-state index is -0.575. The lowest BCUT2D eigenvalue weighted by molar-refractivity contribution is -0.131. The Hall–Kier alpha value is -2.94. The molecule has 4 amide bonds. The van der Waals surface area contributed by atoms with Crippen LogP contribution < -0.4 is 21.3 Å². The standard InChI is InChI=1S/C19H25N5O4/c1-12(25)13-4-6-14(7-5-13)22-19(28)24-10-9-20-16(11-24)18(27)23-15-3-2-8-21-17(15)26/h4-7,15-16,20H,2-3,8-11H2,1H3,(H,21,26)(H,22,28)(H,23,27). The van der Waals surface area contributed by atoms with Crippen molar-refractivity contribution in [1.29, 1.82) is 0 Å². The molecule has 0 saturated carbocycles. The molecule has 2 atom stereocenters. The number of carbonyl (C=O) groups excluding carboxylic acids is 4. The van der Waals surface area contributed by atoms with Gasteiger partial charge in [-0.1, -0.05) is 0 Å². The van der Waals surface area contributed by atoms with Gasteiger partial charge in [0.1, 0.15) is 12.1 Å². The normalized spacial score (nSPS) is 22.2. The summed E-state index contributed by atoms with van der Waals surface area (Å²) in [7, 11) is 0. The maximum atomic E-state index is 12.5. The number of hydrogen-bond donors (Lipinski definition) is 4. The van der Waals surface area contributed by atoms with Gasteiger partial charge in [-0.05, 0) is 44.0 Å². The van der Waals surface area contributed by atoms with Gasteiger partial charge in [0.2, 0.25) is 11.8 Å². The highest BCUT2D eigenvalue weighted by atomic mass is 16.2.